The Labute approximate surface area is 90.9 Å². The number of hydrogen-bond acceptors (Lipinski definition) is 2. The SMILES string of the molecule is CCCNc1cc(Br)c(C#N)cc1F. The number of rotatable bonds is 3. The molecule has 0 unspecified atom stereocenters. The molecule has 14 heavy (non-hydrogen) atoms. The summed E-state index contributed by atoms with van der Waals surface area (Å²) in [5.74, 6) is -0.391. The summed E-state index contributed by atoms with van der Waals surface area (Å²) in [6.45, 7) is 2.72. The summed E-state index contributed by atoms with van der Waals surface area (Å²) in [4.78, 5) is 0. The molecule has 1 aromatic rings. The minimum absolute atomic E-state index is 0.310. The Kier molecular flexibility index (Phi) is 3.90. The molecule has 0 saturated heterocycles. The Hall–Kier alpha value is -1.08. The van der Waals surface area contributed by atoms with Gasteiger partial charge in [-0.1, -0.05) is 6.92 Å². The minimum Gasteiger partial charge on any atom is -0.383 e. The van der Waals surface area contributed by atoms with Crippen LogP contribution in [0, 0.1) is 17.1 Å². The summed E-state index contributed by atoms with van der Waals surface area (Å²) in [6.07, 6.45) is 0.928. The third-order valence-electron chi connectivity index (χ3n) is 1.74. The fourth-order valence-electron chi connectivity index (χ4n) is 1.03. The molecule has 1 rings (SSSR count). The molecule has 0 atom stereocenters. The van der Waals surface area contributed by atoms with Crippen LogP contribution in [0.3, 0.4) is 0 Å². The summed E-state index contributed by atoms with van der Waals surface area (Å²) in [5.41, 5.74) is 0.738. The molecule has 74 valence electrons. The maximum atomic E-state index is 13.3. The van der Waals surface area contributed by atoms with E-state index in [9.17, 15) is 4.39 Å². The maximum absolute atomic E-state index is 13.3. The average Bonchev–Trinajstić information content (AvgIpc) is 2.18. The first-order valence-corrected chi connectivity index (χ1v) is 5.11. The predicted molar refractivity (Wildman–Crippen MR) is 57.6 cm³/mol. The highest BCUT2D eigenvalue weighted by atomic mass is 79.9. The number of nitrogens with zero attached hydrogens (tertiary/aromatic N) is 1. The van der Waals surface area contributed by atoms with Crippen molar-refractivity contribution in [1.29, 1.82) is 5.26 Å². The number of hydrogen-bond donors (Lipinski definition) is 1. The van der Waals surface area contributed by atoms with E-state index in [2.05, 4.69) is 21.2 Å². The molecule has 0 bridgehead atoms. The topological polar surface area (TPSA) is 35.8 Å². The molecule has 0 spiro atoms. The molecule has 0 aliphatic heterocycles. The van der Waals surface area contributed by atoms with Gasteiger partial charge in [-0.3, -0.25) is 0 Å². The van der Waals surface area contributed by atoms with Crippen molar-refractivity contribution in [3.05, 3.63) is 28.0 Å². The molecule has 0 aliphatic rings. The summed E-state index contributed by atoms with van der Waals surface area (Å²) in [7, 11) is 0. The first-order valence-electron chi connectivity index (χ1n) is 4.32. The Balaban J connectivity index is 2.98. The average molecular weight is 257 g/mol. The van der Waals surface area contributed by atoms with Crippen LogP contribution >= 0.6 is 15.9 Å². The van der Waals surface area contributed by atoms with Crippen molar-refractivity contribution in [2.75, 3.05) is 11.9 Å². The van der Waals surface area contributed by atoms with E-state index in [1.807, 2.05) is 13.0 Å². The van der Waals surface area contributed by atoms with Crippen LogP contribution in [-0.2, 0) is 0 Å². The maximum Gasteiger partial charge on any atom is 0.147 e. The lowest BCUT2D eigenvalue weighted by Gasteiger charge is -2.07. The molecule has 0 heterocycles. The Bertz CT molecular complexity index is 371. The molecule has 0 amide bonds. The third kappa shape index (κ3) is 2.46. The van der Waals surface area contributed by atoms with Crippen LogP contribution in [0.4, 0.5) is 10.1 Å². The van der Waals surface area contributed by atoms with Crippen molar-refractivity contribution < 1.29 is 4.39 Å². The van der Waals surface area contributed by atoms with Crippen LogP contribution in [0.2, 0.25) is 0 Å². The van der Waals surface area contributed by atoms with Crippen molar-refractivity contribution in [3.8, 4) is 6.07 Å². The predicted octanol–water partition coefficient (Wildman–Crippen LogP) is 3.28. The van der Waals surface area contributed by atoms with Gasteiger partial charge in [0.1, 0.15) is 11.9 Å². The normalized spacial score (nSPS) is 9.57. The molecule has 2 nitrogen and oxygen atoms in total. The second-order valence-electron chi connectivity index (χ2n) is 2.85. The summed E-state index contributed by atoms with van der Waals surface area (Å²) >= 11 is 3.20. The van der Waals surface area contributed by atoms with E-state index in [0.29, 0.717) is 15.7 Å². The fraction of sp³-hybridized carbons (Fsp3) is 0.300. The zero-order chi connectivity index (χ0) is 10.6. The lowest BCUT2D eigenvalue weighted by Crippen LogP contribution is -2.02. The molecule has 4 heteroatoms. The quantitative estimate of drug-likeness (QED) is 0.901. The molecule has 0 radical (unpaired) electrons. The van der Waals surface area contributed by atoms with Crippen LogP contribution in [-0.4, -0.2) is 6.54 Å². The van der Waals surface area contributed by atoms with Crippen LogP contribution in [0.5, 0.6) is 0 Å². The zero-order valence-electron chi connectivity index (χ0n) is 7.77. The molecular formula is C10H10BrFN2. The number of nitriles is 1. The smallest absolute Gasteiger partial charge is 0.147 e. The van der Waals surface area contributed by atoms with Gasteiger partial charge in [-0.05, 0) is 34.5 Å². The molecule has 0 fully saturated rings. The van der Waals surface area contributed by atoms with Crippen molar-refractivity contribution in [1.82, 2.24) is 0 Å². The van der Waals surface area contributed by atoms with Gasteiger partial charge in [0, 0.05) is 11.0 Å². The standard InChI is InChI=1S/C10H10BrFN2/c1-2-3-14-10-5-8(11)7(6-13)4-9(10)12/h4-5,14H,2-3H2,1H3. The van der Waals surface area contributed by atoms with Crippen molar-refractivity contribution in [2.45, 2.75) is 13.3 Å². The summed E-state index contributed by atoms with van der Waals surface area (Å²) in [6, 6.07) is 4.72. The minimum atomic E-state index is -0.391. The molecule has 1 aromatic carbocycles. The molecular weight excluding hydrogens is 247 g/mol. The molecule has 0 saturated carbocycles. The fourth-order valence-corrected chi connectivity index (χ4v) is 1.46. The zero-order valence-corrected chi connectivity index (χ0v) is 9.36. The van der Waals surface area contributed by atoms with Crippen LogP contribution in [0.1, 0.15) is 18.9 Å². The third-order valence-corrected chi connectivity index (χ3v) is 2.40. The second kappa shape index (κ2) is 4.97. The lowest BCUT2D eigenvalue weighted by atomic mass is 10.2. The summed E-state index contributed by atoms with van der Waals surface area (Å²) in [5, 5.41) is 11.6. The molecule has 0 aromatic heterocycles. The van der Waals surface area contributed by atoms with Gasteiger partial charge < -0.3 is 5.32 Å². The van der Waals surface area contributed by atoms with E-state index in [1.54, 1.807) is 6.07 Å². The monoisotopic (exact) mass is 256 g/mol. The molecule has 0 aliphatic carbocycles. The van der Waals surface area contributed by atoms with E-state index in [4.69, 9.17) is 5.26 Å². The lowest BCUT2D eigenvalue weighted by molar-refractivity contribution is 0.629. The Morgan fingerprint density at radius 3 is 2.86 bits per heavy atom. The Morgan fingerprint density at radius 2 is 2.29 bits per heavy atom. The van der Waals surface area contributed by atoms with Crippen LogP contribution < -0.4 is 5.32 Å². The van der Waals surface area contributed by atoms with Gasteiger partial charge >= 0.3 is 0 Å². The highest BCUT2D eigenvalue weighted by Crippen LogP contribution is 2.24. The van der Waals surface area contributed by atoms with Crippen LogP contribution in [0.25, 0.3) is 0 Å². The number of nitrogens with one attached hydrogen (secondary N) is 1. The van der Waals surface area contributed by atoms with Gasteiger partial charge in [-0.25, -0.2) is 4.39 Å². The van der Waals surface area contributed by atoms with Crippen LogP contribution in [0.15, 0.2) is 16.6 Å². The second-order valence-corrected chi connectivity index (χ2v) is 3.70. The van der Waals surface area contributed by atoms with Crippen molar-refractivity contribution >= 4 is 21.6 Å². The van der Waals surface area contributed by atoms with E-state index in [0.717, 1.165) is 13.0 Å². The van der Waals surface area contributed by atoms with E-state index < -0.39 is 5.82 Å². The van der Waals surface area contributed by atoms with Crippen molar-refractivity contribution in [3.63, 3.8) is 0 Å². The van der Waals surface area contributed by atoms with E-state index in [1.165, 1.54) is 6.07 Å². The molecule has 1 N–H and O–H groups in total. The first-order chi connectivity index (χ1) is 6.69. The van der Waals surface area contributed by atoms with Gasteiger partial charge in [-0.2, -0.15) is 5.26 Å². The largest absolute Gasteiger partial charge is 0.383 e. The van der Waals surface area contributed by atoms with Gasteiger partial charge in [0.05, 0.1) is 11.3 Å². The van der Waals surface area contributed by atoms with E-state index in [-0.39, 0.29) is 0 Å². The number of halogens is 2. The van der Waals surface area contributed by atoms with Gasteiger partial charge in [0.2, 0.25) is 0 Å². The summed E-state index contributed by atoms with van der Waals surface area (Å²) < 4.78 is 13.9. The highest BCUT2D eigenvalue weighted by molar-refractivity contribution is 9.10. The number of benzene rings is 1. The Morgan fingerprint density at radius 1 is 1.57 bits per heavy atom. The van der Waals surface area contributed by atoms with Crippen molar-refractivity contribution in [2.24, 2.45) is 0 Å². The van der Waals surface area contributed by atoms with Gasteiger partial charge in [0.15, 0.2) is 0 Å². The first kappa shape index (κ1) is 11.0. The van der Waals surface area contributed by atoms with E-state index >= 15 is 0 Å². The van der Waals surface area contributed by atoms with Gasteiger partial charge in [-0.15, -0.1) is 0 Å². The highest BCUT2D eigenvalue weighted by Gasteiger charge is 2.06. The van der Waals surface area contributed by atoms with Gasteiger partial charge in [0.25, 0.3) is 0 Å². The number of anilines is 1.